The summed E-state index contributed by atoms with van der Waals surface area (Å²) in [4.78, 5) is 11.2. The largest absolute Gasteiger partial charge is 0.450 e. The Balaban J connectivity index is 1.94. The molecule has 4 rings (SSSR count). The number of hydrogen-bond donors (Lipinski definition) is 0. The van der Waals surface area contributed by atoms with Crippen LogP contribution >= 0.6 is 0 Å². The van der Waals surface area contributed by atoms with E-state index in [2.05, 4.69) is 35.6 Å². The SMILES string of the molecule is C[C@H]1CN(c2ncnc3c2oc2ccccc23)C(C)(C)CO1. The molecule has 1 aromatic carbocycles. The highest BCUT2D eigenvalue weighted by atomic mass is 16.5. The third kappa shape index (κ3) is 1.96. The average molecular weight is 297 g/mol. The first-order valence-corrected chi connectivity index (χ1v) is 7.58. The van der Waals surface area contributed by atoms with Gasteiger partial charge >= 0.3 is 0 Å². The molecule has 1 fully saturated rings. The molecule has 0 spiro atoms. The fourth-order valence-corrected chi connectivity index (χ4v) is 3.06. The average Bonchev–Trinajstić information content (AvgIpc) is 2.88. The molecule has 1 aliphatic heterocycles. The van der Waals surface area contributed by atoms with Crippen molar-refractivity contribution in [2.75, 3.05) is 18.1 Å². The number of furan rings is 1. The monoisotopic (exact) mass is 297 g/mol. The number of nitrogens with zero attached hydrogens (tertiary/aromatic N) is 3. The van der Waals surface area contributed by atoms with Gasteiger partial charge in [0.2, 0.25) is 0 Å². The van der Waals surface area contributed by atoms with Gasteiger partial charge in [0.25, 0.3) is 0 Å². The van der Waals surface area contributed by atoms with Gasteiger partial charge in [-0.2, -0.15) is 0 Å². The van der Waals surface area contributed by atoms with Crippen LogP contribution in [-0.4, -0.2) is 34.8 Å². The number of ether oxygens (including phenoxy) is 1. The predicted octanol–water partition coefficient (Wildman–Crippen LogP) is 3.38. The molecule has 5 nitrogen and oxygen atoms in total. The zero-order chi connectivity index (χ0) is 15.3. The molecule has 114 valence electrons. The first-order valence-electron chi connectivity index (χ1n) is 7.58. The maximum Gasteiger partial charge on any atom is 0.196 e. The van der Waals surface area contributed by atoms with E-state index >= 15 is 0 Å². The Hall–Kier alpha value is -2.14. The number of aromatic nitrogens is 2. The Morgan fingerprint density at radius 2 is 2.05 bits per heavy atom. The number of anilines is 1. The Labute approximate surface area is 128 Å². The van der Waals surface area contributed by atoms with Gasteiger partial charge in [-0.1, -0.05) is 12.1 Å². The van der Waals surface area contributed by atoms with Crippen LogP contribution in [-0.2, 0) is 4.74 Å². The molecule has 0 N–H and O–H groups in total. The molecule has 0 bridgehead atoms. The van der Waals surface area contributed by atoms with Crippen LogP contribution in [0.1, 0.15) is 20.8 Å². The van der Waals surface area contributed by atoms with Gasteiger partial charge in [0, 0.05) is 11.9 Å². The zero-order valence-electron chi connectivity index (χ0n) is 13.0. The van der Waals surface area contributed by atoms with Crippen LogP contribution in [0.5, 0.6) is 0 Å². The molecule has 1 atom stereocenters. The molecule has 0 amide bonds. The van der Waals surface area contributed by atoms with Crippen LogP contribution in [0.25, 0.3) is 22.1 Å². The Bertz CT molecular complexity index is 840. The highest BCUT2D eigenvalue weighted by Gasteiger charge is 2.36. The van der Waals surface area contributed by atoms with Crippen LogP contribution in [0.2, 0.25) is 0 Å². The van der Waals surface area contributed by atoms with E-state index in [0.29, 0.717) is 6.61 Å². The van der Waals surface area contributed by atoms with Gasteiger partial charge in [-0.3, -0.25) is 0 Å². The third-order valence-electron chi connectivity index (χ3n) is 4.29. The van der Waals surface area contributed by atoms with Gasteiger partial charge in [-0.25, -0.2) is 9.97 Å². The minimum atomic E-state index is -0.132. The quantitative estimate of drug-likeness (QED) is 0.689. The summed E-state index contributed by atoms with van der Waals surface area (Å²) in [6, 6.07) is 7.97. The number of para-hydroxylation sites is 1. The van der Waals surface area contributed by atoms with Crippen molar-refractivity contribution >= 4 is 27.9 Å². The number of hydrogen-bond acceptors (Lipinski definition) is 5. The van der Waals surface area contributed by atoms with Crippen molar-refractivity contribution in [2.24, 2.45) is 0 Å². The lowest BCUT2D eigenvalue weighted by atomic mass is 10.0. The van der Waals surface area contributed by atoms with Crippen LogP contribution in [0.3, 0.4) is 0 Å². The lowest BCUT2D eigenvalue weighted by Gasteiger charge is -2.45. The highest BCUT2D eigenvalue weighted by Crippen LogP contribution is 2.36. The van der Waals surface area contributed by atoms with Gasteiger partial charge in [0.15, 0.2) is 11.4 Å². The maximum atomic E-state index is 6.06. The Kier molecular flexibility index (Phi) is 2.87. The molecule has 3 heterocycles. The predicted molar refractivity (Wildman–Crippen MR) is 86.1 cm³/mol. The first-order chi connectivity index (χ1) is 10.6. The Morgan fingerprint density at radius 1 is 1.23 bits per heavy atom. The lowest BCUT2D eigenvalue weighted by Crippen LogP contribution is -2.56. The van der Waals surface area contributed by atoms with E-state index in [9.17, 15) is 0 Å². The third-order valence-corrected chi connectivity index (χ3v) is 4.29. The normalized spacial score (nSPS) is 21.6. The van der Waals surface area contributed by atoms with Crippen molar-refractivity contribution < 1.29 is 9.15 Å². The number of rotatable bonds is 1. The number of morpholine rings is 1. The van der Waals surface area contributed by atoms with E-state index in [1.165, 1.54) is 0 Å². The minimum absolute atomic E-state index is 0.132. The van der Waals surface area contributed by atoms with E-state index < -0.39 is 0 Å². The number of fused-ring (bicyclic) bond motifs is 3. The summed E-state index contributed by atoms with van der Waals surface area (Å²) in [5, 5.41) is 1.03. The molecule has 1 saturated heterocycles. The van der Waals surface area contributed by atoms with Crippen LogP contribution in [0.4, 0.5) is 5.82 Å². The van der Waals surface area contributed by atoms with Gasteiger partial charge in [-0.05, 0) is 32.9 Å². The zero-order valence-corrected chi connectivity index (χ0v) is 13.0. The van der Waals surface area contributed by atoms with Crippen molar-refractivity contribution in [3.63, 3.8) is 0 Å². The standard InChI is InChI=1S/C17H19N3O2/c1-11-8-20(17(2,3)9-21-11)16-15-14(18-10-19-16)12-6-4-5-7-13(12)22-15/h4-7,10-11H,8-9H2,1-3H3/t11-/m0/s1. The Morgan fingerprint density at radius 3 is 2.91 bits per heavy atom. The summed E-state index contributed by atoms with van der Waals surface area (Å²) in [5.41, 5.74) is 2.34. The summed E-state index contributed by atoms with van der Waals surface area (Å²) in [7, 11) is 0. The molecule has 1 aliphatic rings. The van der Waals surface area contributed by atoms with E-state index in [1.54, 1.807) is 6.33 Å². The molecule has 0 unspecified atom stereocenters. The van der Waals surface area contributed by atoms with Gasteiger partial charge in [0.05, 0.1) is 18.2 Å². The summed E-state index contributed by atoms with van der Waals surface area (Å²) in [5.74, 6) is 0.848. The second-order valence-corrected chi connectivity index (χ2v) is 6.52. The molecular formula is C17H19N3O2. The van der Waals surface area contributed by atoms with Gasteiger partial charge in [0.1, 0.15) is 17.4 Å². The molecule has 2 aromatic heterocycles. The number of benzene rings is 1. The van der Waals surface area contributed by atoms with Crippen LogP contribution in [0.15, 0.2) is 35.0 Å². The summed E-state index contributed by atoms with van der Waals surface area (Å²) in [6.45, 7) is 7.86. The second kappa shape index (κ2) is 4.68. The summed E-state index contributed by atoms with van der Waals surface area (Å²) >= 11 is 0. The highest BCUT2D eigenvalue weighted by molar-refractivity contribution is 6.05. The van der Waals surface area contributed by atoms with Crippen LogP contribution in [0, 0.1) is 0 Å². The molecule has 0 aliphatic carbocycles. The molecular weight excluding hydrogens is 278 g/mol. The summed E-state index contributed by atoms with van der Waals surface area (Å²) in [6.07, 6.45) is 1.79. The van der Waals surface area contributed by atoms with Crippen molar-refractivity contribution in [1.29, 1.82) is 0 Å². The molecule has 22 heavy (non-hydrogen) atoms. The van der Waals surface area contributed by atoms with Crippen molar-refractivity contribution in [3.05, 3.63) is 30.6 Å². The van der Waals surface area contributed by atoms with E-state index in [1.807, 2.05) is 24.3 Å². The first kappa shape index (κ1) is 13.5. The van der Waals surface area contributed by atoms with E-state index in [4.69, 9.17) is 9.15 Å². The van der Waals surface area contributed by atoms with E-state index in [0.717, 1.165) is 34.4 Å². The van der Waals surface area contributed by atoms with Crippen LogP contribution < -0.4 is 4.90 Å². The molecule has 5 heteroatoms. The van der Waals surface area contributed by atoms with Crippen molar-refractivity contribution in [1.82, 2.24) is 9.97 Å². The maximum absolute atomic E-state index is 6.06. The fourth-order valence-electron chi connectivity index (χ4n) is 3.06. The fraction of sp³-hybridized carbons (Fsp3) is 0.412. The topological polar surface area (TPSA) is 51.4 Å². The smallest absolute Gasteiger partial charge is 0.196 e. The minimum Gasteiger partial charge on any atom is -0.450 e. The van der Waals surface area contributed by atoms with Gasteiger partial charge < -0.3 is 14.1 Å². The van der Waals surface area contributed by atoms with Crippen molar-refractivity contribution in [3.8, 4) is 0 Å². The molecule has 0 radical (unpaired) electrons. The molecule has 3 aromatic rings. The van der Waals surface area contributed by atoms with Crippen molar-refractivity contribution in [2.45, 2.75) is 32.4 Å². The summed E-state index contributed by atoms with van der Waals surface area (Å²) < 4.78 is 11.9. The lowest BCUT2D eigenvalue weighted by molar-refractivity contribution is 0.00668. The molecule has 0 saturated carbocycles. The second-order valence-electron chi connectivity index (χ2n) is 6.52. The van der Waals surface area contributed by atoms with Gasteiger partial charge in [-0.15, -0.1) is 0 Å². The van der Waals surface area contributed by atoms with E-state index in [-0.39, 0.29) is 11.6 Å².